The van der Waals surface area contributed by atoms with Crippen LogP contribution in [-0.2, 0) is 19.2 Å². The van der Waals surface area contributed by atoms with E-state index in [9.17, 15) is 9.59 Å². The molecule has 0 saturated heterocycles. The molecule has 588 valence electrons. The first-order valence-electron chi connectivity index (χ1n) is 41.5. The predicted molar refractivity (Wildman–Crippen MR) is 477 cm³/mol. The lowest BCUT2D eigenvalue weighted by molar-refractivity contribution is -0.118. The van der Waals surface area contributed by atoms with Crippen molar-refractivity contribution in [3.63, 3.8) is 0 Å². The first-order chi connectivity index (χ1) is 55.0. The molecule has 4 aliphatic carbocycles. The number of benzene rings is 8. The lowest BCUT2D eigenvalue weighted by atomic mass is 9.85. The Bertz CT molecular complexity index is 5930. The van der Waals surface area contributed by atoms with E-state index >= 15 is 9.59 Å². The van der Waals surface area contributed by atoms with Gasteiger partial charge in [0.1, 0.15) is 0 Å². The molecule has 17 rings (SSSR count). The second-order valence-corrected chi connectivity index (χ2v) is 37.8. The van der Waals surface area contributed by atoms with Crippen molar-refractivity contribution in [3.05, 3.63) is 292 Å². The van der Waals surface area contributed by atoms with Gasteiger partial charge in [-0.1, -0.05) is 144 Å². The Kier molecular flexibility index (Phi) is 18.6. The number of aliphatic imine (C=N–C) groups is 1. The van der Waals surface area contributed by atoms with Crippen molar-refractivity contribution in [2.75, 3.05) is 21.3 Å². The standard InChI is InChI=1S/C104H108N8O4/c1-53-35-57(5)87(58(6)36-53)65-43-66(88-59(7)37-54(2)38-60(88)8)46-69(45-65)91-79-27-31-83(105-79)95(93-75(109-97(113)71-49-101(71,13)14)23-21-24-76(93)110-98(114)72-50-102(72,15)16)85-33-29-81(107-85)92(70-47-67(89-61(9)39-55(3)40-62(89)10)44-68(48-70)90-63(11)41-56(4)42-64(90)12)82-30-34-86(108-82)96(84-32-28-80(91)106-84)94-77(111-99(115)73-51-103(73,17)18)25-22-26-78(94)112-100(116)74-52-104(74,19)20/h21-48,71-74,79,105-107H,49-52H2,1-20H3,(H,109,113)(H,110,114)(H,111,115)(H,112,116)/b91-80-,92-82-,95-83+,96-84+/t71-,72-,73-,74-,79?/m1/s1. The third-order valence-electron chi connectivity index (χ3n) is 26.3. The van der Waals surface area contributed by atoms with Crippen LogP contribution < -0.4 is 37.3 Å². The molecule has 8 bridgehead atoms. The summed E-state index contributed by atoms with van der Waals surface area (Å²) in [4.78, 5) is 74.3. The van der Waals surface area contributed by atoms with Gasteiger partial charge < -0.3 is 36.6 Å². The molecule has 8 aromatic carbocycles. The lowest BCUT2D eigenvalue weighted by Crippen LogP contribution is -2.30. The molecule has 7 aliphatic rings. The van der Waals surface area contributed by atoms with Gasteiger partial charge in [0.15, 0.2) is 0 Å². The van der Waals surface area contributed by atoms with Gasteiger partial charge >= 0.3 is 0 Å². The minimum absolute atomic E-state index is 0.0781. The number of anilines is 4. The largest absolute Gasteiger partial charge is 0.374 e. The number of H-pyrrole nitrogens is 2. The van der Waals surface area contributed by atoms with Crippen molar-refractivity contribution < 1.29 is 19.2 Å². The molecule has 3 aliphatic heterocycles. The molecule has 10 aromatic rings. The van der Waals surface area contributed by atoms with Gasteiger partial charge in [-0.05, 0) is 334 Å². The summed E-state index contributed by atoms with van der Waals surface area (Å²) in [6.45, 7) is 43.4. The quantitative estimate of drug-likeness (QED) is 0.0509. The molecule has 116 heavy (non-hydrogen) atoms. The number of fused-ring (bicyclic) bond motifs is 7. The molecule has 12 heteroatoms. The number of carbonyl (C=O) groups is 4. The zero-order chi connectivity index (χ0) is 82.0. The van der Waals surface area contributed by atoms with Crippen molar-refractivity contribution in [2.24, 2.45) is 50.3 Å². The molecule has 7 N–H and O–H groups in total. The van der Waals surface area contributed by atoms with Gasteiger partial charge in [-0.3, -0.25) is 19.2 Å². The van der Waals surface area contributed by atoms with Crippen LogP contribution in [0.1, 0.15) is 181 Å². The van der Waals surface area contributed by atoms with Gasteiger partial charge in [-0.15, -0.1) is 0 Å². The van der Waals surface area contributed by atoms with Crippen LogP contribution in [0.3, 0.4) is 0 Å². The Labute approximate surface area is 683 Å². The van der Waals surface area contributed by atoms with E-state index in [1.165, 1.54) is 44.5 Å². The number of aromatic amines is 2. The van der Waals surface area contributed by atoms with Gasteiger partial charge in [0.2, 0.25) is 23.6 Å². The lowest BCUT2D eigenvalue weighted by Gasteiger charge is -2.23. The van der Waals surface area contributed by atoms with Gasteiger partial charge in [0.05, 0.1) is 40.2 Å². The monoisotopic (exact) mass is 1530 g/mol. The van der Waals surface area contributed by atoms with E-state index in [0.29, 0.717) is 61.9 Å². The summed E-state index contributed by atoms with van der Waals surface area (Å²) >= 11 is 0. The summed E-state index contributed by atoms with van der Waals surface area (Å²) < 4.78 is 0. The average Bonchev–Trinajstić information content (AvgIpc) is 1.13. The fourth-order valence-corrected chi connectivity index (χ4v) is 19.8. The van der Waals surface area contributed by atoms with E-state index in [4.69, 9.17) is 4.99 Å². The van der Waals surface area contributed by atoms with E-state index in [2.05, 4.69) is 309 Å². The highest BCUT2D eigenvalue weighted by atomic mass is 16.2. The van der Waals surface area contributed by atoms with Crippen LogP contribution in [0.25, 0.3) is 66.8 Å². The van der Waals surface area contributed by atoms with Crippen molar-refractivity contribution in [1.82, 2.24) is 15.3 Å². The number of hydrogen-bond acceptors (Lipinski definition) is 6. The van der Waals surface area contributed by atoms with Gasteiger partial charge in [-0.25, -0.2) is 4.99 Å². The van der Waals surface area contributed by atoms with Crippen molar-refractivity contribution in [2.45, 2.75) is 170 Å². The molecule has 0 spiro atoms. The number of hydrogen-bond donors (Lipinski definition) is 7. The summed E-state index contributed by atoms with van der Waals surface area (Å²) in [7, 11) is 0. The van der Waals surface area contributed by atoms with Crippen molar-refractivity contribution in [3.8, 4) is 44.5 Å². The molecule has 1 unspecified atom stereocenters. The summed E-state index contributed by atoms with van der Waals surface area (Å²) in [5.74, 6) is -1.21. The molecule has 12 nitrogen and oxygen atoms in total. The number of nitrogens with zero attached hydrogens (tertiary/aromatic N) is 1. The summed E-state index contributed by atoms with van der Waals surface area (Å²) in [5.41, 5.74) is 34.1. The maximum Gasteiger partial charge on any atom is 0.228 e. The molecule has 4 fully saturated rings. The SMILES string of the molecule is Cc1cc(C)c(-c2cc(/C3=C4\C=CC(=N4)/C(c4c(NC(=O)[C@H]5CC5(C)C)cccc4NC(=O)[C@H]4CC4(C)C)=c4/cc/c([nH]4)=C(\c4cc(-c5c(C)cc(C)cc5C)cc(-c5c(C)cc(C)cc5C)c4)C4C=C/C(=C(\c5c(NC(=O)[C@H]6CC6(C)C)cccc5NC(=O)[C@H]5CC5(C)C)c5ccc3[nH]5)N4)cc(-c3c(C)cc(C)cc3C)c2)c(C)c1. The van der Waals surface area contributed by atoms with E-state index in [0.717, 1.165) is 137 Å². The van der Waals surface area contributed by atoms with E-state index < -0.39 is 6.04 Å². The molecule has 5 atom stereocenters. The van der Waals surface area contributed by atoms with Gasteiger partial charge in [0.25, 0.3) is 0 Å². The van der Waals surface area contributed by atoms with Crippen molar-refractivity contribution in [1.29, 1.82) is 0 Å². The van der Waals surface area contributed by atoms with Crippen LogP contribution in [0, 0.1) is 128 Å². The van der Waals surface area contributed by atoms with Crippen LogP contribution in [0.2, 0.25) is 0 Å². The maximum absolute atomic E-state index is 15.0. The first-order valence-corrected chi connectivity index (χ1v) is 41.5. The molecule has 2 aromatic heterocycles. The second-order valence-electron chi connectivity index (χ2n) is 37.8. The Hall–Kier alpha value is -11.6. The Balaban J connectivity index is 1.01. The van der Waals surface area contributed by atoms with Crippen LogP contribution in [0.4, 0.5) is 22.7 Å². The smallest absolute Gasteiger partial charge is 0.228 e. The van der Waals surface area contributed by atoms with Gasteiger partial charge in [-0.2, -0.15) is 0 Å². The number of aryl methyl sites for hydroxylation is 12. The highest BCUT2D eigenvalue weighted by molar-refractivity contribution is 6.33. The topological polar surface area (TPSA) is 172 Å². The summed E-state index contributed by atoms with van der Waals surface area (Å²) in [5, 5.41) is 19.7. The van der Waals surface area contributed by atoms with E-state index in [-0.39, 0.29) is 69.0 Å². The van der Waals surface area contributed by atoms with Crippen LogP contribution >= 0.6 is 0 Å². The third-order valence-corrected chi connectivity index (χ3v) is 26.3. The predicted octanol–water partition coefficient (Wildman–Crippen LogP) is 21.8. The maximum atomic E-state index is 15.0. The Morgan fingerprint density at radius 3 is 1.02 bits per heavy atom. The van der Waals surface area contributed by atoms with Crippen LogP contribution in [-0.4, -0.2) is 45.4 Å². The number of allylic oxidation sites excluding steroid dienone is 3. The molecule has 4 saturated carbocycles. The molecule has 5 heterocycles. The third kappa shape index (κ3) is 14.2. The zero-order valence-corrected chi connectivity index (χ0v) is 71.0. The Morgan fingerprint density at radius 2 is 0.664 bits per heavy atom. The minimum atomic E-state index is -0.556. The number of carbonyl (C=O) groups excluding carboxylic acids is 4. The zero-order valence-electron chi connectivity index (χ0n) is 71.0. The van der Waals surface area contributed by atoms with Crippen molar-refractivity contribution >= 4 is 74.4 Å². The number of aromatic nitrogens is 2. The average molecular weight is 1530 g/mol. The fourth-order valence-electron chi connectivity index (χ4n) is 19.8. The van der Waals surface area contributed by atoms with E-state index in [1.54, 1.807) is 0 Å². The molecular weight excluding hydrogens is 1430 g/mol. The highest BCUT2D eigenvalue weighted by Crippen LogP contribution is 2.56. The molecular formula is C104H108N8O4. The fraction of sp³-hybridized carbons (Fsp3) is 0.317. The number of rotatable bonds is 16. The summed E-state index contributed by atoms with van der Waals surface area (Å²) in [6, 6.07) is 52.0. The normalized spacial score (nSPS) is 22.2. The minimum Gasteiger partial charge on any atom is -0.374 e. The second kappa shape index (κ2) is 28.1. The highest BCUT2D eigenvalue weighted by Gasteiger charge is 2.54. The van der Waals surface area contributed by atoms with Crippen LogP contribution in [0.15, 0.2) is 186 Å². The molecule has 0 radical (unpaired) electrons. The van der Waals surface area contributed by atoms with Crippen LogP contribution in [0.5, 0.6) is 0 Å². The first kappa shape index (κ1) is 77.0. The molecule has 4 amide bonds. The summed E-state index contributed by atoms with van der Waals surface area (Å²) in [6.07, 6.45) is 11.6. The van der Waals surface area contributed by atoms with Gasteiger partial charge in [0, 0.05) is 84.9 Å². The number of nitrogens with one attached hydrogen (secondary N) is 7. The Morgan fingerprint density at radius 1 is 0.345 bits per heavy atom. The number of amides is 4. The van der Waals surface area contributed by atoms with E-state index in [1.807, 2.05) is 36.4 Å².